The SMILES string of the molecule is CC(C)(OC(=O)N1CCSCC1)c1ccccc1. The molecule has 1 amide bonds. The molecule has 0 N–H and O–H groups in total. The number of thioether (sulfide) groups is 1. The molecule has 1 aliphatic heterocycles. The number of nitrogens with zero attached hydrogens (tertiary/aromatic N) is 1. The lowest BCUT2D eigenvalue weighted by atomic mass is 9.98. The second kappa shape index (κ2) is 5.65. The zero-order valence-electron chi connectivity index (χ0n) is 10.9. The lowest BCUT2D eigenvalue weighted by molar-refractivity contribution is 0.0126. The fourth-order valence-electron chi connectivity index (χ4n) is 1.93. The third kappa shape index (κ3) is 3.19. The summed E-state index contributed by atoms with van der Waals surface area (Å²) in [5.41, 5.74) is 0.438. The first-order chi connectivity index (χ1) is 8.59. The molecule has 0 radical (unpaired) electrons. The van der Waals surface area contributed by atoms with E-state index in [1.54, 1.807) is 4.90 Å². The topological polar surface area (TPSA) is 29.5 Å². The molecule has 1 aromatic rings. The predicted octanol–water partition coefficient (Wildman–Crippen LogP) is 3.11. The minimum atomic E-state index is -0.580. The Kier molecular flexibility index (Phi) is 4.17. The van der Waals surface area contributed by atoms with Crippen LogP contribution in [-0.4, -0.2) is 35.6 Å². The Morgan fingerprint density at radius 3 is 2.44 bits per heavy atom. The number of benzene rings is 1. The summed E-state index contributed by atoms with van der Waals surface area (Å²) >= 11 is 1.88. The summed E-state index contributed by atoms with van der Waals surface area (Å²) in [5.74, 6) is 2.00. The lowest BCUT2D eigenvalue weighted by Gasteiger charge is -2.31. The van der Waals surface area contributed by atoms with Crippen molar-refractivity contribution in [3.8, 4) is 0 Å². The summed E-state index contributed by atoms with van der Waals surface area (Å²) in [5, 5.41) is 0. The van der Waals surface area contributed by atoms with E-state index >= 15 is 0 Å². The van der Waals surface area contributed by atoms with E-state index in [0.717, 1.165) is 30.2 Å². The molecule has 0 saturated carbocycles. The van der Waals surface area contributed by atoms with Gasteiger partial charge in [0.1, 0.15) is 5.60 Å². The number of ether oxygens (including phenoxy) is 1. The van der Waals surface area contributed by atoms with Gasteiger partial charge in [0.05, 0.1) is 0 Å². The van der Waals surface area contributed by atoms with Crippen molar-refractivity contribution in [1.29, 1.82) is 0 Å². The van der Waals surface area contributed by atoms with E-state index in [2.05, 4.69) is 0 Å². The van der Waals surface area contributed by atoms with Gasteiger partial charge in [-0.25, -0.2) is 4.79 Å². The largest absolute Gasteiger partial charge is 0.438 e. The summed E-state index contributed by atoms with van der Waals surface area (Å²) in [6.07, 6.45) is -0.204. The minimum absolute atomic E-state index is 0.204. The maximum atomic E-state index is 12.1. The van der Waals surface area contributed by atoms with E-state index in [4.69, 9.17) is 4.74 Å². The van der Waals surface area contributed by atoms with Gasteiger partial charge < -0.3 is 9.64 Å². The van der Waals surface area contributed by atoms with E-state index in [0.29, 0.717) is 0 Å². The number of rotatable bonds is 2. The molecule has 1 saturated heterocycles. The second-order valence-corrected chi connectivity index (χ2v) is 6.07. The first-order valence-corrected chi connectivity index (χ1v) is 7.36. The molecule has 0 unspecified atom stereocenters. The molecule has 98 valence electrons. The van der Waals surface area contributed by atoms with Crippen molar-refractivity contribution in [2.45, 2.75) is 19.4 Å². The molecule has 0 aromatic heterocycles. The van der Waals surface area contributed by atoms with E-state index in [9.17, 15) is 4.79 Å². The zero-order chi connectivity index (χ0) is 13.0. The number of hydrogen-bond donors (Lipinski definition) is 0. The highest BCUT2D eigenvalue weighted by Gasteiger charge is 2.28. The maximum absolute atomic E-state index is 12.1. The first-order valence-electron chi connectivity index (χ1n) is 6.21. The van der Waals surface area contributed by atoms with Crippen LogP contribution in [0.4, 0.5) is 4.79 Å². The van der Waals surface area contributed by atoms with E-state index < -0.39 is 5.60 Å². The normalized spacial score (nSPS) is 16.4. The molecule has 0 aliphatic carbocycles. The summed E-state index contributed by atoms with van der Waals surface area (Å²) in [6.45, 7) is 5.43. The molecule has 0 spiro atoms. The van der Waals surface area contributed by atoms with Crippen molar-refractivity contribution in [3.63, 3.8) is 0 Å². The van der Waals surface area contributed by atoms with Gasteiger partial charge in [-0.3, -0.25) is 0 Å². The first kappa shape index (κ1) is 13.3. The smallest absolute Gasteiger partial charge is 0.410 e. The average Bonchev–Trinajstić information content (AvgIpc) is 2.40. The Morgan fingerprint density at radius 1 is 1.22 bits per heavy atom. The molecule has 3 nitrogen and oxygen atoms in total. The van der Waals surface area contributed by atoms with Gasteiger partial charge in [-0.15, -0.1) is 0 Å². The Balaban J connectivity index is 2.01. The third-order valence-corrected chi connectivity index (χ3v) is 4.02. The van der Waals surface area contributed by atoms with Crippen LogP contribution >= 0.6 is 11.8 Å². The third-order valence-electron chi connectivity index (χ3n) is 3.08. The quantitative estimate of drug-likeness (QED) is 0.823. The van der Waals surface area contributed by atoms with Crippen molar-refractivity contribution < 1.29 is 9.53 Å². The summed E-state index contributed by atoms with van der Waals surface area (Å²) in [6, 6.07) is 9.85. The zero-order valence-corrected chi connectivity index (χ0v) is 11.7. The second-order valence-electron chi connectivity index (χ2n) is 4.84. The van der Waals surface area contributed by atoms with Crippen molar-refractivity contribution >= 4 is 17.9 Å². The van der Waals surface area contributed by atoms with Gasteiger partial charge in [0.25, 0.3) is 0 Å². The number of hydrogen-bond acceptors (Lipinski definition) is 3. The van der Waals surface area contributed by atoms with Crippen LogP contribution in [0.15, 0.2) is 30.3 Å². The van der Waals surface area contributed by atoms with Crippen molar-refractivity contribution in [3.05, 3.63) is 35.9 Å². The van der Waals surface area contributed by atoms with Crippen molar-refractivity contribution in [2.24, 2.45) is 0 Å². The van der Waals surface area contributed by atoms with Gasteiger partial charge >= 0.3 is 6.09 Å². The van der Waals surface area contributed by atoms with Gasteiger partial charge in [-0.2, -0.15) is 11.8 Å². The maximum Gasteiger partial charge on any atom is 0.410 e. The standard InChI is InChI=1S/C14H19NO2S/c1-14(2,12-6-4-3-5-7-12)17-13(16)15-8-10-18-11-9-15/h3-7H,8-11H2,1-2H3. The summed E-state index contributed by atoms with van der Waals surface area (Å²) < 4.78 is 5.64. The van der Waals surface area contributed by atoms with E-state index in [1.165, 1.54) is 0 Å². The molecule has 4 heteroatoms. The lowest BCUT2D eigenvalue weighted by Crippen LogP contribution is -2.41. The Labute approximate surface area is 113 Å². The molecule has 1 heterocycles. The van der Waals surface area contributed by atoms with Gasteiger partial charge in [-0.1, -0.05) is 30.3 Å². The van der Waals surface area contributed by atoms with Crippen LogP contribution in [0.3, 0.4) is 0 Å². The molecule has 1 aliphatic rings. The Bertz CT molecular complexity index is 400. The molecule has 1 aromatic carbocycles. The number of amides is 1. The highest BCUT2D eigenvalue weighted by atomic mass is 32.2. The molecule has 2 rings (SSSR count). The van der Waals surface area contributed by atoms with Crippen LogP contribution in [0.2, 0.25) is 0 Å². The van der Waals surface area contributed by atoms with Crippen LogP contribution in [0.5, 0.6) is 0 Å². The molecule has 0 bridgehead atoms. The molecule has 18 heavy (non-hydrogen) atoms. The van der Waals surface area contributed by atoms with Crippen LogP contribution in [0.1, 0.15) is 19.4 Å². The monoisotopic (exact) mass is 265 g/mol. The van der Waals surface area contributed by atoms with Crippen molar-refractivity contribution in [2.75, 3.05) is 24.6 Å². The van der Waals surface area contributed by atoms with Crippen LogP contribution in [0.25, 0.3) is 0 Å². The fourth-order valence-corrected chi connectivity index (χ4v) is 2.83. The molecular formula is C14H19NO2S. The van der Waals surface area contributed by atoms with Crippen LogP contribution in [0, 0.1) is 0 Å². The van der Waals surface area contributed by atoms with E-state index in [-0.39, 0.29) is 6.09 Å². The van der Waals surface area contributed by atoms with Gasteiger partial charge in [0.15, 0.2) is 0 Å². The Morgan fingerprint density at radius 2 is 1.83 bits per heavy atom. The van der Waals surface area contributed by atoms with Gasteiger partial charge in [0, 0.05) is 24.6 Å². The number of carbonyl (C=O) groups is 1. The summed E-state index contributed by atoms with van der Waals surface area (Å²) in [4.78, 5) is 13.9. The molecular weight excluding hydrogens is 246 g/mol. The fraction of sp³-hybridized carbons (Fsp3) is 0.500. The molecule has 1 fully saturated rings. The Hall–Kier alpha value is -1.16. The highest BCUT2D eigenvalue weighted by Crippen LogP contribution is 2.25. The van der Waals surface area contributed by atoms with E-state index in [1.807, 2.05) is 55.9 Å². The van der Waals surface area contributed by atoms with Gasteiger partial charge in [-0.05, 0) is 19.4 Å². The average molecular weight is 265 g/mol. The molecule has 0 atom stereocenters. The number of carbonyl (C=O) groups excluding carboxylic acids is 1. The van der Waals surface area contributed by atoms with Crippen LogP contribution in [-0.2, 0) is 10.3 Å². The van der Waals surface area contributed by atoms with Gasteiger partial charge in [0.2, 0.25) is 0 Å². The summed E-state index contributed by atoms with van der Waals surface area (Å²) in [7, 11) is 0. The highest BCUT2D eigenvalue weighted by molar-refractivity contribution is 7.99. The minimum Gasteiger partial charge on any atom is -0.438 e. The van der Waals surface area contributed by atoms with Crippen molar-refractivity contribution in [1.82, 2.24) is 4.90 Å². The predicted molar refractivity (Wildman–Crippen MR) is 74.8 cm³/mol. The van der Waals surface area contributed by atoms with Crippen LogP contribution < -0.4 is 0 Å².